The number of sulfonamides is 1. The zero-order chi connectivity index (χ0) is 17.7. The highest BCUT2D eigenvalue weighted by Gasteiger charge is 2.13. The van der Waals surface area contributed by atoms with Gasteiger partial charge < -0.3 is 15.3 Å². The van der Waals surface area contributed by atoms with Crippen LogP contribution in [-0.2, 0) is 10.0 Å². The minimum Gasteiger partial charge on any atom is -0.861 e. The standard InChI is InChI=1S/C16H17N3O3S2/c1-12(20)18-24(21,22)15-10-8-14(9-11-15)19(2)16(23)17-13-6-4-3-5-7-13/h3-11H,1-2H3,(H,17,23)(H,18,20)/p-1. The van der Waals surface area contributed by atoms with Gasteiger partial charge in [0.05, 0.1) is 4.90 Å². The van der Waals surface area contributed by atoms with Crippen LogP contribution in [0.25, 0.3) is 0 Å². The van der Waals surface area contributed by atoms with E-state index < -0.39 is 15.9 Å². The molecule has 0 unspecified atom stereocenters. The van der Waals surface area contributed by atoms with Crippen LogP contribution < -0.4 is 15.3 Å². The molecule has 8 heteroatoms. The number of thiocarbonyl (C=S) groups is 1. The Bertz CT molecular complexity index is 844. The van der Waals surface area contributed by atoms with Crippen molar-refractivity contribution in [3.05, 3.63) is 54.6 Å². The summed E-state index contributed by atoms with van der Waals surface area (Å²) in [5.41, 5.74) is 1.55. The van der Waals surface area contributed by atoms with Gasteiger partial charge in [0.2, 0.25) is 0 Å². The monoisotopic (exact) mass is 362 g/mol. The van der Waals surface area contributed by atoms with Crippen molar-refractivity contribution in [2.24, 2.45) is 4.40 Å². The van der Waals surface area contributed by atoms with Gasteiger partial charge >= 0.3 is 0 Å². The summed E-state index contributed by atoms with van der Waals surface area (Å²) < 4.78 is 26.8. The van der Waals surface area contributed by atoms with Gasteiger partial charge in [-0.05, 0) is 61.4 Å². The van der Waals surface area contributed by atoms with Gasteiger partial charge in [0.25, 0.3) is 10.0 Å². The minimum absolute atomic E-state index is 0.0446. The van der Waals surface area contributed by atoms with Crippen LogP contribution in [-0.4, -0.2) is 26.5 Å². The van der Waals surface area contributed by atoms with Crippen LogP contribution in [0.5, 0.6) is 0 Å². The summed E-state index contributed by atoms with van der Waals surface area (Å²) in [6.07, 6.45) is 0. The Balaban J connectivity index is 2.15. The van der Waals surface area contributed by atoms with Gasteiger partial charge in [-0.3, -0.25) is 0 Å². The molecule has 126 valence electrons. The van der Waals surface area contributed by atoms with Gasteiger partial charge in [-0.15, -0.1) is 0 Å². The van der Waals surface area contributed by atoms with Crippen molar-refractivity contribution in [3.63, 3.8) is 0 Å². The van der Waals surface area contributed by atoms with Gasteiger partial charge in [-0.25, -0.2) is 0 Å². The minimum atomic E-state index is -3.96. The molecule has 0 saturated carbocycles. The molecule has 0 saturated heterocycles. The van der Waals surface area contributed by atoms with Crippen LogP contribution in [0.15, 0.2) is 63.9 Å². The Labute approximate surface area is 146 Å². The maximum absolute atomic E-state index is 11.9. The van der Waals surface area contributed by atoms with Crippen LogP contribution in [0, 0.1) is 0 Å². The van der Waals surface area contributed by atoms with E-state index in [9.17, 15) is 13.5 Å². The number of hydrogen-bond donors (Lipinski definition) is 1. The predicted octanol–water partition coefficient (Wildman–Crippen LogP) is 1.99. The topological polar surface area (TPSA) is 84.8 Å². The van der Waals surface area contributed by atoms with E-state index >= 15 is 0 Å². The summed E-state index contributed by atoms with van der Waals surface area (Å²) in [6, 6.07) is 15.4. The number of nitrogens with zero attached hydrogens (tertiary/aromatic N) is 2. The van der Waals surface area contributed by atoms with Crippen molar-refractivity contribution in [1.82, 2.24) is 0 Å². The highest BCUT2D eigenvalue weighted by molar-refractivity contribution is 7.90. The van der Waals surface area contributed by atoms with Gasteiger partial charge in [0.15, 0.2) is 5.11 Å². The van der Waals surface area contributed by atoms with E-state index in [0.717, 1.165) is 12.6 Å². The van der Waals surface area contributed by atoms with E-state index in [4.69, 9.17) is 12.2 Å². The maximum atomic E-state index is 11.9. The molecule has 1 N–H and O–H groups in total. The molecular weight excluding hydrogens is 346 g/mol. The van der Waals surface area contributed by atoms with Crippen LogP contribution in [0.4, 0.5) is 11.4 Å². The quantitative estimate of drug-likeness (QED) is 0.509. The van der Waals surface area contributed by atoms with Gasteiger partial charge in [0, 0.05) is 18.4 Å². The molecule has 0 aliphatic carbocycles. The first-order valence-electron chi connectivity index (χ1n) is 6.98. The van der Waals surface area contributed by atoms with E-state index in [0.29, 0.717) is 10.8 Å². The second-order valence-electron chi connectivity index (χ2n) is 4.93. The number of benzene rings is 2. The largest absolute Gasteiger partial charge is 0.861 e. The molecule has 0 aliphatic heterocycles. The molecule has 2 rings (SSSR count). The van der Waals surface area contributed by atoms with Crippen LogP contribution in [0.2, 0.25) is 0 Å². The molecule has 24 heavy (non-hydrogen) atoms. The third-order valence-electron chi connectivity index (χ3n) is 3.10. The molecule has 0 aliphatic rings. The fraction of sp³-hybridized carbons (Fsp3) is 0.125. The van der Waals surface area contributed by atoms with Gasteiger partial charge in [0.1, 0.15) is 0 Å². The molecule has 2 aromatic carbocycles. The molecule has 0 bridgehead atoms. The molecule has 0 radical (unpaired) electrons. The summed E-state index contributed by atoms with van der Waals surface area (Å²) in [5.74, 6) is -0.760. The Hall–Kier alpha value is -2.45. The summed E-state index contributed by atoms with van der Waals surface area (Å²) in [7, 11) is -2.20. The number of rotatable bonds is 4. The van der Waals surface area contributed by atoms with Crippen LogP contribution >= 0.6 is 12.2 Å². The second kappa shape index (κ2) is 7.41. The number of anilines is 2. The lowest BCUT2D eigenvalue weighted by Gasteiger charge is -2.21. The zero-order valence-corrected chi connectivity index (χ0v) is 14.8. The Morgan fingerprint density at radius 1 is 1.12 bits per heavy atom. The molecule has 0 atom stereocenters. The first-order valence-corrected chi connectivity index (χ1v) is 8.83. The Morgan fingerprint density at radius 2 is 1.71 bits per heavy atom. The third-order valence-corrected chi connectivity index (χ3v) is 4.84. The highest BCUT2D eigenvalue weighted by Crippen LogP contribution is 2.19. The average Bonchev–Trinajstić information content (AvgIpc) is 2.54. The highest BCUT2D eigenvalue weighted by atomic mass is 32.2. The lowest BCUT2D eigenvalue weighted by atomic mass is 10.3. The molecule has 0 fully saturated rings. The van der Waals surface area contributed by atoms with E-state index in [1.807, 2.05) is 30.3 Å². The first-order chi connectivity index (χ1) is 11.3. The van der Waals surface area contributed by atoms with E-state index in [1.165, 1.54) is 12.1 Å². The van der Waals surface area contributed by atoms with E-state index in [-0.39, 0.29) is 4.90 Å². The SMILES string of the molecule is CC([O-])=NS(=O)(=O)c1ccc(N(C)C(=S)Nc2ccccc2)cc1. The Kier molecular flexibility index (Phi) is 5.53. The summed E-state index contributed by atoms with van der Waals surface area (Å²) in [5, 5.41) is 14.4. The fourth-order valence-electron chi connectivity index (χ4n) is 1.91. The van der Waals surface area contributed by atoms with Crippen molar-refractivity contribution in [1.29, 1.82) is 0 Å². The van der Waals surface area contributed by atoms with E-state index in [1.54, 1.807) is 24.1 Å². The third kappa shape index (κ3) is 4.53. The van der Waals surface area contributed by atoms with Crippen molar-refractivity contribution in [2.75, 3.05) is 17.3 Å². The molecule has 0 spiro atoms. The lowest BCUT2D eigenvalue weighted by Crippen LogP contribution is -2.30. The van der Waals surface area contributed by atoms with Crippen LogP contribution in [0.1, 0.15) is 6.92 Å². The van der Waals surface area contributed by atoms with Crippen molar-refractivity contribution < 1.29 is 13.5 Å². The molecule has 0 amide bonds. The number of para-hydroxylation sites is 1. The van der Waals surface area contributed by atoms with Crippen molar-refractivity contribution in [2.45, 2.75) is 11.8 Å². The first kappa shape index (κ1) is 17.9. The maximum Gasteiger partial charge on any atom is 0.281 e. The lowest BCUT2D eigenvalue weighted by molar-refractivity contribution is -0.215. The van der Waals surface area contributed by atoms with Crippen molar-refractivity contribution >= 4 is 44.6 Å². The normalized spacial score (nSPS) is 11.8. The van der Waals surface area contributed by atoms with Crippen LogP contribution in [0.3, 0.4) is 0 Å². The summed E-state index contributed by atoms with van der Waals surface area (Å²) in [4.78, 5) is 1.66. The van der Waals surface area contributed by atoms with Gasteiger partial charge in [-0.1, -0.05) is 18.2 Å². The molecular formula is C16H16N3O3S2-. The number of nitrogens with one attached hydrogen (secondary N) is 1. The summed E-state index contributed by atoms with van der Waals surface area (Å²) >= 11 is 5.34. The smallest absolute Gasteiger partial charge is 0.281 e. The van der Waals surface area contributed by atoms with Crippen molar-refractivity contribution in [3.8, 4) is 0 Å². The molecule has 6 nitrogen and oxygen atoms in total. The second-order valence-corrected chi connectivity index (χ2v) is 6.93. The van der Waals surface area contributed by atoms with E-state index in [2.05, 4.69) is 9.71 Å². The Morgan fingerprint density at radius 3 is 2.25 bits per heavy atom. The average molecular weight is 362 g/mol. The predicted molar refractivity (Wildman–Crippen MR) is 97.8 cm³/mol. The summed E-state index contributed by atoms with van der Waals surface area (Å²) in [6.45, 7) is 1.09. The molecule has 0 heterocycles. The zero-order valence-electron chi connectivity index (χ0n) is 13.1. The molecule has 2 aromatic rings. The van der Waals surface area contributed by atoms with Gasteiger partial charge in [-0.2, -0.15) is 12.8 Å². The fourth-order valence-corrected chi connectivity index (χ4v) is 3.06. The number of hydrogen-bond acceptors (Lipinski definition) is 4. The molecule has 0 aromatic heterocycles.